The molecular formula is C14H14ClN3O. The van der Waals surface area contributed by atoms with Gasteiger partial charge in [0.05, 0.1) is 11.8 Å². The number of carbonyl (C=O) groups is 1. The smallest absolute Gasteiger partial charge is 0.254 e. The number of halogens is 1. The Kier molecular flexibility index (Phi) is 3.03. The number of aromatic nitrogens is 2. The molecular weight excluding hydrogens is 262 g/mol. The molecule has 1 aromatic heterocycles. The van der Waals surface area contributed by atoms with E-state index in [2.05, 4.69) is 15.5 Å². The maximum atomic E-state index is 12.0. The lowest BCUT2D eigenvalue weighted by Crippen LogP contribution is -2.26. The lowest BCUT2D eigenvalue weighted by atomic mass is 10.1. The number of aryl methyl sites for hydroxylation is 1. The topological polar surface area (TPSA) is 57.8 Å². The summed E-state index contributed by atoms with van der Waals surface area (Å²) >= 11 is 5.97. The predicted molar refractivity (Wildman–Crippen MR) is 73.4 cm³/mol. The maximum absolute atomic E-state index is 12.0. The Morgan fingerprint density at radius 2 is 2.37 bits per heavy atom. The first-order chi connectivity index (χ1) is 9.15. The minimum Gasteiger partial charge on any atom is -0.349 e. The molecule has 0 unspecified atom stereocenters. The summed E-state index contributed by atoms with van der Waals surface area (Å²) < 4.78 is 0. The van der Waals surface area contributed by atoms with Crippen LogP contribution in [-0.4, -0.2) is 22.1 Å². The Balaban J connectivity index is 1.65. The van der Waals surface area contributed by atoms with Gasteiger partial charge in [0.2, 0.25) is 0 Å². The minimum atomic E-state index is -0.0687. The van der Waals surface area contributed by atoms with Crippen molar-refractivity contribution in [3.8, 4) is 0 Å². The number of aromatic amines is 1. The average molecular weight is 276 g/mol. The third-order valence-corrected chi connectivity index (χ3v) is 3.69. The zero-order valence-electron chi connectivity index (χ0n) is 10.5. The molecule has 0 saturated heterocycles. The van der Waals surface area contributed by atoms with E-state index in [1.807, 2.05) is 31.2 Å². The summed E-state index contributed by atoms with van der Waals surface area (Å²) in [6.07, 6.45) is 2.52. The van der Waals surface area contributed by atoms with Crippen LogP contribution in [0.5, 0.6) is 0 Å². The second-order valence-electron chi connectivity index (χ2n) is 4.89. The van der Waals surface area contributed by atoms with E-state index < -0.39 is 0 Å². The van der Waals surface area contributed by atoms with Gasteiger partial charge < -0.3 is 5.32 Å². The summed E-state index contributed by atoms with van der Waals surface area (Å²) in [5.41, 5.74) is 2.58. The van der Waals surface area contributed by atoms with Gasteiger partial charge in [-0.2, -0.15) is 5.10 Å². The Hall–Kier alpha value is -1.81. The highest BCUT2D eigenvalue weighted by Gasteiger charge is 2.39. The van der Waals surface area contributed by atoms with Crippen LogP contribution in [0.15, 0.2) is 30.5 Å². The summed E-state index contributed by atoms with van der Waals surface area (Å²) in [5, 5.41) is 10.4. The van der Waals surface area contributed by atoms with E-state index in [9.17, 15) is 4.79 Å². The van der Waals surface area contributed by atoms with Crippen molar-refractivity contribution in [2.75, 3.05) is 0 Å². The molecule has 1 aromatic carbocycles. The van der Waals surface area contributed by atoms with Crippen molar-refractivity contribution >= 4 is 17.5 Å². The maximum Gasteiger partial charge on any atom is 0.254 e. The molecule has 2 N–H and O–H groups in total. The third-order valence-electron chi connectivity index (χ3n) is 3.46. The van der Waals surface area contributed by atoms with Crippen molar-refractivity contribution in [1.29, 1.82) is 0 Å². The molecule has 1 fully saturated rings. The fraction of sp³-hybridized carbons (Fsp3) is 0.286. The van der Waals surface area contributed by atoms with Crippen LogP contribution in [0.4, 0.5) is 0 Å². The molecule has 4 nitrogen and oxygen atoms in total. The second-order valence-corrected chi connectivity index (χ2v) is 5.32. The van der Waals surface area contributed by atoms with Gasteiger partial charge >= 0.3 is 0 Å². The molecule has 1 aliphatic carbocycles. The Labute approximate surface area is 116 Å². The van der Waals surface area contributed by atoms with E-state index in [4.69, 9.17) is 11.6 Å². The number of carbonyl (C=O) groups excluding carboxylic acids is 1. The quantitative estimate of drug-likeness (QED) is 0.905. The lowest BCUT2D eigenvalue weighted by molar-refractivity contribution is 0.0950. The largest absolute Gasteiger partial charge is 0.349 e. The Morgan fingerprint density at radius 1 is 1.53 bits per heavy atom. The van der Waals surface area contributed by atoms with E-state index in [1.54, 1.807) is 6.20 Å². The van der Waals surface area contributed by atoms with Crippen LogP contribution in [0.2, 0.25) is 5.02 Å². The first-order valence-corrected chi connectivity index (χ1v) is 6.59. The highest BCUT2D eigenvalue weighted by Crippen LogP contribution is 2.41. The van der Waals surface area contributed by atoms with Crippen LogP contribution in [0.3, 0.4) is 0 Å². The number of benzene rings is 1. The van der Waals surface area contributed by atoms with E-state index in [0.717, 1.165) is 17.1 Å². The Bertz CT molecular complexity index is 623. The fourth-order valence-corrected chi connectivity index (χ4v) is 2.48. The molecule has 3 rings (SSSR count). The second kappa shape index (κ2) is 4.70. The SMILES string of the molecule is Cc1[nH]ncc1C(=O)N[C@@H]1C[C@H]1c1cccc(Cl)c1. The Morgan fingerprint density at radius 3 is 3.05 bits per heavy atom. The molecule has 2 atom stereocenters. The fourth-order valence-electron chi connectivity index (χ4n) is 2.29. The number of rotatable bonds is 3. The van der Waals surface area contributed by atoms with E-state index in [1.165, 1.54) is 5.56 Å². The molecule has 1 saturated carbocycles. The van der Waals surface area contributed by atoms with Crippen molar-refractivity contribution in [2.45, 2.75) is 25.3 Å². The highest BCUT2D eigenvalue weighted by atomic mass is 35.5. The van der Waals surface area contributed by atoms with Crippen LogP contribution in [0, 0.1) is 6.92 Å². The molecule has 0 spiro atoms. The molecule has 0 aliphatic heterocycles. The zero-order valence-corrected chi connectivity index (χ0v) is 11.2. The van der Waals surface area contributed by atoms with Crippen molar-refractivity contribution < 1.29 is 4.79 Å². The molecule has 5 heteroatoms. The van der Waals surface area contributed by atoms with E-state index in [-0.39, 0.29) is 11.9 Å². The third kappa shape index (κ3) is 2.49. The number of nitrogens with one attached hydrogen (secondary N) is 2. The normalized spacial score (nSPS) is 21.2. The molecule has 1 amide bonds. The average Bonchev–Trinajstić information content (AvgIpc) is 3.00. The zero-order chi connectivity index (χ0) is 13.4. The number of H-pyrrole nitrogens is 1. The van der Waals surface area contributed by atoms with Crippen molar-refractivity contribution in [2.24, 2.45) is 0 Å². The van der Waals surface area contributed by atoms with Gasteiger partial charge in [0.1, 0.15) is 0 Å². The van der Waals surface area contributed by atoms with Crippen molar-refractivity contribution in [3.63, 3.8) is 0 Å². The molecule has 0 radical (unpaired) electrons. The van der Waals surface area contributed by atoms with Crippen molar-refractivity contribution in [3.05, 3.63) is 52.3 Å². The molecule has 19 heavy (non-hydrogen) atoms. The lowest BCUT2D eigenvalue weighted by Gasteiger charge is -2.04. The van der Waals surface area contributed by atoms with Crippen LogP contribution in [0.1, 0.15) is 34.0 Å². The highest BCUT2D eigenvalue weighted by molar-refractivity contribution is 6.30. The van der Waals surface area contributed by atoms with Gasteiger partial charge in [-0.05, 0) is 31.0 Å². The van der Waals surface area contributed by atoms with Gasteiger partial charge in [-0.25, -0.2) is 0 Å². The number of amides is 1. The van der Waals surface area contributed by atoms with Crippen LogP contribution < -0.4 is 5.32 Å². The molecule has 2 aromatic rings. The van der Waals surface area contributed by atoms with Gasteiger partial charge in [-0.3, -0.25) is 9.89 Å². The molecule has 1 heterocycles. The number of hydrogen-bond donors (Lipinski definition) is 2. The summed E-state index contributed by atoms with van der Waals surface area (Å²) in [5.74, 6) is 0.302. The van der Waals surface area contributed by atoms with Crippen LogP contribution in [-0.2, 0) is 0 Å². The molecule has 98 valence electrons. The summed E-state index contributed by atoms with van der Waals surface area (Å²) in [6.45, 7) is 1.84. The molecule has 0 bridgehead atoms. The summed E-state index contributed by atoms with van der Waals surface area (Å²) in [4.78, 5) is 12.0. The summed E-state index contributed by atoms with van der Waals surface area (Å²) in [6, 6.07) is 8.00. The van der Waals surface area contributed by atoms with E-state index >= 15 is 0 Å². The van der Waals surface area contributed by atoms with Crippen LogP contribution in [0.25, 0.3) is 0 Å². The first kappa shape index (κ1) is 12.2. The predicted octanol–water partition coefficient (Wildman–Crippen LogP) is 2.66. The standard InChI is InChI=1S/C14H14ClN3O/c1-8-12(7-16-18-8)14(19)17-13-6-11(13)9-3-2-4-10(15)5-9/h2-5,7,11,13H,6H2,1H3,(H,16,18)(H,17,19)/t11-,13+/m0/s1. The first-order valence-electron chi connectivity index (χ1n) is 6.21. The van der Waals surface area contributed by atoms with Gasteiger partial charge in [0.25, 0.3) is 5.91 Å². The van der Waals surface area contributed by atoms with Crippen LogP contribution >= 0.6 is 11.6 Å². The number of hydrogen-bond acceptors (Lipinski definition) is 2. The van der Waals surface area contributed by atoms with Gasteiger partial charge in [-0.15, -0.1) is 0 Å². The molecule has 1 aliphatic rings. The van der Waals surface area contributed by atoms with Gasteiger partial charge in [0.15, 0.2) is 0 Å². The minimum absolute atomic E-state index is 0.0687. The van der Waals surface area contributed by atoms with Crippen molar-refractivity contribution in [1.82, 2.24) is 15.5 Å². The summed E-state index contributed by atoms with van der Waals surface area (Å²) in [7, 11) is 0. The monoisotopic (exact) mass is 275 g/mol. The van der Waals surface area contributed by atoms with Gasteiger partial charge in [-0.1, -0.05) is 23.7 Å². The van der Waals surface area contributed by atoms with Gasteiger partial charge in [0, 0.05) is 22.7 Å². The van der Waals surface area contributed by atoms with E-state index in [0.29, 0.717) is 11.5 Å². The number of nitrogens with zero attached hydrogens (tertiary/aromatic N) is 1.